The van der Waals surface area contributed by atoms with E-state index < -0.39 is 0 Å². The molecule has 0 fully saturated rings. The summed E-state index contributed by atoms with van der Waals surface area (Å²) in [5, 5.41) is 2.05. The van der Waals surface area contributed by atoms with Gasteiger partial charge >= 0.3 is 0 Å². The van der Waals surface area contributed by atoms with Crippen LogP contribution in [0.2, 0.25) is 5.02 Å². The minimum Gasteiger partial charge on any atom is -0.192 e. The highest BCUT2D eigenvalue weighted by Gasteiger charge is 2.11. The molecule has 110 valence electrons. The summed E-state index contributed by atoms with van der Waals surface area (Å²) in [4.78, 5) is 0. The summed E-state index contributed by atoms with van der Waals surface area (Å²) in [6.45, 7) is 5.25. The standard InChI is InChI=1S/C20H19ClN/c1-3-22-19(11-7-16-5-9-18(21)10-6-16)12-8-17-14-15(2)4-13-20(17)22/h4-14H,3H2,1-2H3/q+1. The molecule has 0 aliphatic carbocycles. The molecular formula is C20H19ClN+. The van der Waals surface area contributed by atoms with Gasteiger partial charge in [-0.3, -0.25) is 0 Å². The molecule has 0 aliphatic rings. The average molecular weight is 309 g/mol. The van der Waals surface area contributed by atoms with E-state index in [-0.39, 0.29) is 0 Å². The summed E-state index contributed by atoms with van der Waals surface area (Å²) in [7, 11) is 0. The molecule has 1 aromatic heterocycles. The zero-order valence-electron chi connectivity index (χ0n) is 12.9. The molecule has 1 nitrogen and oxygen atoms in total. The Morgan fingerprint density at radius 2 is 1.73 bits per heavy atom. The molecule has 0 amide bonds. The molecule has 0 bridgehead atoms. The number of aromatic nitrogens is 1. The van der Waals surface area contributed by atoms with Crippen molar-refractivity contribution in [1.29, 1.82) is 0 Å². The smallest absolute Gasteiger partial charge is 0.192 e. The fraction of sp³-hybridized carbons (Fsp3) is 0.150. The van der Waals surface area contributed by atoms with E-state index >= 15 is 0 Å². The first-order valence-electron chi connectivity index (χ1n) is 7.54. The Morgan fingerprint density at radius 3 is 2.45 bits per heavy atom. The fourth-order valence-electron chi connectivity index (χ4n) is 2.71. The molecule has 1 heterocycles. The van der Waals surface area contributed by atoms with Crippen molar-refractivity contribution in [2.45, 2.75) is 20.4 Å². The van der Waals surface area contributed by atoms with E-state index in [1.807, 2.05) is 24.3 Å². The molecule has 3 rings (SSSR count). The normalized spacial score (nSPS) is 11.4. The second kappa shape index (κ2) is 6.33. The van der Waals surface area contributed by atoms with E-state index in [0.717, 1.165) is 17.1 Å². The summed E-state index contributed by atoms with van der Waals surface area (Å²) in [6.07, 6.45) is 4.28. The molecule has 2 heteroatoms. The minimum atomic E-state index is 0.766. The van der Waals surface area contributed by atoms with Crippen LogP contribution < -0.4 is 4.57 Å². The van der Waals surface area contributed by atoms with Crippen LogP contribution >= 0.6 is 11.6 Å². The number of fused-ring (bicyclic) bond motifs is 1. The number of pyridine rings is 1. The molecule has 0 saturated heterocycles. The predicted molar refractivity (Wildman–Crippen MR) is 94.9 cm³/mol. The number of hydrogen-bond donors (Lipinski definition) is 0. The lowest BCUT2D eigenvalue weighted by atomic mass is 10.1. The number of halogens is 1. The molecule has 3 aromatic rings. The quantitative estimate of drug-likeness (QED) is 0.580. The molecule has 0 radical (unpaired) electrons. The number of nitrogens with zero attached hydrogens (tertiary/aromatic N) is 1. The van der Waals surface area contributed by atoms with Crippen molar-refractivity contribution in [3.8, 4) is 0 Å². The van der Waals surface area contributed by atoms with Crippen molar-refractivity contribution in [2.75, 3.05) is 0 Å². The van der Waals surface area contributed by atoms with Gasteiger partial charge < -0.3 is 0 Å². The summed E-state index contributed by atoms with van der Waals surface area (Å²) in [6, 6.07) is 18.9. The average Bonchev–Trinajstić information content (AvgIpc) is 2.53. The lowest BCUT2D eigenvalue weighted by Crippen LogP contribution is -2.36. The minimum absolute atomic E-state index is 0.766. The van der Waals surface area contributed by atoms with E-state index in [2.05, 4.69) is 60.9 Å². The van der Waals surface area contributed by atoms with Gasteiger partial charge in [0.1, 0.15) is 6.54 Å². The number of benzene rings is 2. The van der Waals surface area contributed by atoms with Crippen LogP contribution in [-0.4, -0.2) is 0 Å². The van der Waals surface area contributed by atoms with Crippen LogP contribution in [0, 0.1) is 6.92 Å². The van der Waals surface area contributed by atoms with Gasteiger partial charge in [0.05, 0.1) is 0 Å². The van der Waals surface area contributed by atoms with Crippen molar-refractivity contribution < 1.29 is 4.57 Å². The first kappa shape index (κ1) is 14.8. The predicted octanol–water partition coefficient (Wildman–Crippen LogP) is 5.28. The van der Waals surface area contributed by atoms with Gasteiger partial charge in [-0.15, -0.1) is 0 Å². The molecule has 0 N–H and O–H groups in total. The maximum atomic E-state index is 5.93. The van der Waals surface area contributed by atoms with E-state index in [0.29, 0.717) is 0 Å². The van der Waals surface area contributed by atoms with Gasteiger partial charge in [-0.2, -0.15) is 4.57 Å². The highest BCUT2D eigenvalue weighted by molar-refractivity contribution is 6.30. The Balaban J connectivity index is 2.03. The van der Waals surface area contributed by atoms with Gasteiger partial charge in [0, 0.05) is 28.6 Å². The molecule has 0 spiro atoms. The summed E-state index contributed by atoms with van der Waals surface area (Å²) in [5.74, 6) is 0. The fourth-order valence-corrected chi connectivity index (χ4v) is 2.84. The Labute approximate surface area is 136 Å². The molecule has 0 atom stereocenters. The van der Waals surface area contributed by atoms with Gasteiger partial charge in [-0.1, -0.05) is 35.4 Å². The molecule has 22 heavy (non-hydrogen) atoms. The third kappa shape index (κ3) is 3.05. The zero-order valence-corrected chi connectivity index (χ0v) is 13.6. The molecule has 2 aromatic carbocycles. The Bertz CT molecular complexity index is 832. The van der Waals surface area contributed by atoms with Crippen LogP contribution in [0.4, 0.5) is 0 Å². The second-order valence-electron chi connectivity index (χ2n) is 5.45. The molecule has 0 saturated carbocycles. The van der Waals surface area contributed by atoms with Gasteiger partial charge in [0.15, 0.2) is 0 Å². The van der Waals surface area contributed by atoms with Crippen LogP contribution in [0.1, 0.15) is 23.7 Å². The maximum Gasteiger partial charge on any atom is 0.212 e. The van der Waals surface area contributed by atoms with E-state index in [1.54, 1.807) is 0 Å². The van der Waals surface area contributed by atoms with Crippen molar-refractivity contribution in [2.24, 2.45) is 0 Å². The van der Waals surface area contributed by atoms with Gasteiger partial charge in [-0.25, -0.2) is 0 Å². The highest BCUT2D eigenvalue weighted by atomic mass is 35.5. The lowest BCUT2D eigenvalue weighted by Gasteiger charge is -2.04. The molecule has 0 unspecified atom stereocenters. The zero-order chi connectivity index (χ0) is 15.5. The van der Waals surface area contributed by atoms with Gasteiger partial charge in [0.2, 0.25) is 11.2 Å². The van der Waals surface area contributed by atoms with Gasteiger partial charge in [0.25, 0.3) is 0 Å². The second-order valence-corrected chi connectivity index (χ2v) is 5.89. The monoisotopic (exact) mass is 308 g/mol. The maximum absolute atomic E-state index is 5.93. The molecule has 0 aliphatic heterocycles. The van der Waals surface area contributed by atoms with Crippen LogP contribution in [0.15, 0.2) is 54.6 Å². The summed E-state index contributed by atoms with van der Waals surface area (Å²) >= 11 is 5.93. The van der Waals surface area contributed by atoms with Crippen molar-refractivity contribution in [1.82, 2.24) is 0 Å². The first-order chi connectivity index (χ1) is 10.7. The number of hydrogen-bond acceptors (Lipinski definition) is 0. The van der Waals surface area contributed by atoms with Crippen molar-refractivity contribution in [3.05, 3.63) is 76.4 Å². The van der Waals surface area contributed by atoms with E-state index in [4.69, 9.17) is 11.6 Å². The third-order valence-electron chi connectivity index (χ3n) is 3.85. The summed E-state index contributed by atoms with van der Waals surface area (Å²) in [5.41, 5.74) is 4.91. The van der Waals surface area contributed by atoms with Crippen LogP contribution in [0.3, 0.4) is 0 Å². The van der Waals surface area contributed by atoms with Crippen LogP contribution in [0.5, 0.6) is 0 Å². The molecular weight excluding hydrogens is 290 g/mol. The third-order valence-corrected chi connectivity index (χ3v) is 4.10. The van der Waals surface area contributed by atoms with Crippen LogP contribution in [-0.2, 0) is 6.54 Å². The Hall–Kier alpha value is -2.12. The van der Waals surface area contributed by atoms with Crippen molar-refractivity contribution >= 4 is 34.7 Å². The Morgan fingerprint density at radius 1 is 0.955 bits per heavy atom. The van der Waals surface area contributed by atoms with Crippen molar-refractivity contribution in [3.63, 3.8) is 0 Å². The summed E-state index contributed by atoms with van der Waals surface area (Å²) < 4.78 is 2.33. The topological polar surface area (TPSA) is 3.88 Å². The highest BCUT2D eigenvalue weighted by Crippen LogP contribution is 2.16. The lowest BCUT2D eigenvalue weighted by molar-refractivity contribution is -0.669. The van der Waals surface area contributed by atoms with Gasteiger partial charge in [-0.05, 0) is 49.8 Å². The first-order valence-corrected chi connectivity index (χ1v) is 7.92. The SMILES string of the molecule is CC[n+]1c(C=Cc2ccc(Cl)cc2)ccc2cc(C)ccc21. The number of rotatable bonds is 3. The van der Waals surface area contributed by atoms with E-state index in [9.17, 15) is 0 Å². The van der Waals surface area contributed by atoms with E-state index in [1.165, 1.54) is 22.2 Å². The largest absolute Gasteiger partial charge is 0.212 e. The number of aryl methyl sites for hydroxylation is 2. The Kier molecular flexibility index (Phi) is 4.26. The van der Waals surface area contributed by atoms with Crippen LogP contribution in [0.25, 0.3) is 23.1 Å².